The van der Waals surface area contributed by atoms with Crippen LogP contribution in [0.25, 0.3) is 0 Å². The van der Waals surface area contributed by atoms with Gasteiger partial charge in [0.2, 0.25) is 0 Å². The number of guanidine groups is 1. The Kier molecular flexibility index (Phi) is 12.9. The quantitative estimate of drug-likeness (QED) is 0.216. The van der Waals surface area contributed by atoms with Gasteiger partial charge >= 0.3 is 0 Å². The lowest BCUT2D eigenvalue weighted by atomic mass is 10.1. The summed E-state index contributed by atoms with van der Waals surface area (Å²) < 4.78 is 11.1. The van der Waals surface area contributed by atoms with Crippen molar-refractivity contribution in [2.45, 2.75) is 39.3 Å². The highest BCUT2D eigenvalue weighted by Gasteiger charge is 2.15. The molecule has 1 aliphatic heterocycles. The topological polar surface area (TPSA) is 75.2 Å². The molecule has 0 aliphatic carbocycles. The van der Waals surface area contributed by atoms with Crippen LogP contribution >= 0.6 is 24.0 Å². The van der Waals surface area contributed by atoms with Crippen molar-refractivity contribution in [1.82, 2.24) is 15.5 Å². The molecule has 1 amide bonds. The van der Waals surface area contributed by atoms with E-state index in [0.717, 1.165) is 69.4 Å². The fourth-order valence-electron chi connectivity index (χ4n) is 3.04. The van der Waals surface area contributed by atoms with Gasteiger partial charge in [0.05, 0.1) is 12.7 Å². The first-order valence-corrected chi connectivity index (χ1v) is 10.2. The normalized spacial score (nSPS) is 16.2. The van der Waals surface area contributed by atoms with E-state index in [1.165, 1.54) is 0 Å². The predicted molar refractivity (Wildman–Crippen MR) is 127 cm³/mol. The number of aliphatic imine (C=N–C) groups is 1. The lowest BCUT2D eigenvalue weighted by molar-refractivity contribution is 0.0420. The molecule has 2 rings (SSSR count). The minimum absolute atomic E-state index is 0. The average Bonchev–Trinajstić information content (AvgIpc) is 3.25. The number of hydrogen-bond acceptors (Lipinski definition) is 4. The minimum atomic E-state index is 0. The van der Waals surface area contributed by atoms with Gasteiger partial charge in [-0.25, -0.2) is 0 Å². The maximum Gasteiger partial charge on any atom is 0.253 e. The number of amides is 1. The largest absolute Gasteiger partial charge is 0.379 e. The number of carbonyl (C=O) groups is 1. The van der Waals surface area contributed by atoms with Gasteiger partial charge in [0, 0.05) is 52.0 Å². The second-order valence-corrected chi connectivity index (χ2v) is 6.74. The second-order valence-electron chi connectivity index (χ2n) is 6.74. The summed E-state index contributed by atoms with van der Waals surface area (Å²) in [5, 5.41) is 6.59. The molecule has 1 atom stereocenters. The monoisotopic (exact) mass is 518 g/mol. The molecule has 8 heteroatoms. The number of rotatable bonds is 10. The number of ether oxygens (including phenoxy) is 2. The first-order chi connectivity index (χ1) is 13.7. The lowest BCUT2D eigenvalue weighted by Gasteiger charge is -2.18. The summed E-state index contributed by atoms with van der Waals surface area (Å²) in [5.41, 5.74) is 1.83. The molecule has 7 nitrogen and oxygen atoms in total. The molecule has 1 saturated heterocycles. The van der Waals surface area contributed by atoms with Crippen LogP contribution in [-0.4, -0.2) is 69.4 Å². The number of halogens is 1. The van der Waals surface area contributed by atoms with Gasteiger partial charge in [0.25, 0.3) is 5.91 Å². The van der Waals surface area contributed by atoms with Crippen molar-refractivity contribution in [2.24, 2.45) is 4.99 Å². The Balaban J connectivity index is 0.00000420. The van der Waals surface area contributed by atoms with Gasteiger partial charge in [-0.1, -0.05) is 12.1 Å². The van der Waals surface area contributed by atoms with E-state index in [2.05, 4.69) is 15.6 Å². The zero-order valence-electron chi connectivity index (χ0n) is 17.8. The van der Waals surface area contributed by atoms with Crippen LogP contribution in [0.4, 0.5) is 0 Å². The van der Waals surface area contributed by atoms with Crippen molar-refractivity contribution in [3.63, 3.8) is 0 Å². The van der Waals surface area contributed by atoms with E-state index in [0.29, 0.717) is 6.54 Å². The Labute approximate surface area is 191 Å². The van der Waals surface area contributed by atoms with E-state index < -0.39 is 0 Å². The van der Waals surface area contributed by atoms with Gasteiger partial charge in [-0.2, -0.15) is 0 Å². The zero-order chi connectivity index (χ0) is 20.2. The summed E-state index contributed by atoms with van der Waals surface area (Å²) >= 11 is 0. The number of nitrogens with zero attached hydrogens (tertiary/aromatic N) is 2. The highest BCUT2D eigenvalue weighted by molar-refractivity contribution is 14.0. The predicted octanol–water partition coefficient (Wildman–Crippen LogP) is 2.65. The summed E-state index contributed by atoms with van der Waals surface area (Å²) in [4.78, 5) is 18.4. The zero-order valence-corrected chi connectivity index (χ0v) is 20.1. The molecular formula is C21H35IN4O3. The molecule has 0 aromatic heterocycles. The Hall–Kier alpha value is -1.39. The minimum Gasteiger partial charge on any atom is -0.379 e. The van der Waals surface area contributed by atoms with Crippen LogP contribution in [0.2, 0.25) is 0 Å². The molecule has 164 valence electrons. The molecule has 0 spiro atoms. The SMILES string of the molecule is CCN(CC)C(=O)c1ccc(CNC(=NC)NCCCOC2CCOC2)cc1.I. The molecule has 29 heavy (non-hydrogen) atoms. The molecule has 1 unspecified atom stereocenters. The summed E-state index contributed by atoms with van der Waals surface area (Å²) in [6, 6.07) is 7.74. The molecule has 0 saturated carbocycles. The first kappa shape index (κ1) is 25.6. The van der Waals surface area contributed by atoms with Gasteiger partial charge in [0.1, 0.15) is 0 Å². The first-order valence-electron chi connectivity index (χ1n) is 10.2. The average molecular weight is 518 g/mol. The van der Waals surface area contributed by atoms with Gasteiger partial charge < -0.3 is 25.0 Å². The Bertz CT molecular complexity index is 615. The number of hydrogen-bond donors (Lipinski definition) is 2. The van der Waals surface area contributed by atoms with Crippen LogP contribution in [0.5, 0.6) is 0 Å². The Morgan fingerprint density at radius 1 is 1.24 bits per heavy atom. The summed E-state index contributed by atoms with van der Waals surface area (Å²) in [7, 11) is 1.76. The van der Waals surface area contributed by atoms with Gasteiger partial charge in [0.15, 0.2) is 5.96 Å². The van der Waals surface area contributed by atoms with Crippen LogP contribution in [0, 0.1) is 0 Å². The Morgan fingerprint density at radius 3 is 2.55 bits per heavy atom. The van der Waals surface area contributed by atoms with E-state index in [4.69, 9.17) is 9.47 Å². The third-order valence-corrected chi connectivity index (χ3v) is 4.79. The molecule has 1 heterocycles. The van der Waals surface area contributed by atoms with E-state index in [1.54, 1.807) is 7.05 Å². The summed E-state index contributed by atoms with van der Waals surface area (Å²) in [5.74, 6) is 0.834. The fraction of sp³-hybridized carbons (Fsp3) is 0.619. The second kappa shape index (κ2) is 14.6. The van der Waals surface area contributed by atoms with Crippen LogP contribution in [0.3, 0.4) is 0 Å². The maximum atomic E-state index is 12.4. The van der Waals surface area contributed by atoms with Gasteiger partial charge in [-0.05, 0) is 44.4 Å². The molecule has 1 fully saturated rings. The number of nitrogens with one attached hydrogen (secondary N) is 2. The molecule has 1 aromatic carbocycles. The fourth-order valence-corrected chi connectivity index (χ4v) is 3.04. The van der Waals surface area contributed by atoms with Crippen molar-refractivity contribution >= 4 is 35.8 Å². The number of carbonyl (C=O) groups excluding carboxylic acids is 1. The lowest BCUT2D eigenvalue weighted by Crippen LogP contribution is -2.37. The maximum absolute atomic E-state index is 12.4. The highest BCUT2D eigenvalue weighted by Crippen LogP contribution is 2.09. The Morgan fingerprint density at radius 2 is 1.97 bits per heavy atom. The van der Waals surface area contributed by atoms with Gasteiger partial charge in [-0.15, -0.1) is 24.0 Å². The van der Waals surface area contributed by atoms with E-state index in [9.17, 15) is 4.79 Å². The highest BCUT2D eigenvalue weighted by atomic mass is 127. The van der Waals surface area contributed by atoms with Crippen molar-refractivity contribution in [1.29, 1.82) is 0 Å². The molecule has 0 radical (unpaired) electrons. The van der Waals surface area contributed by atoms with Crippen molar-refractivity contribution in [3.8, 4) is 0 Å². The van der Waals surface area contributed by atoms with E-state index in [1.807, 2.05) is 43.0 Å². The van der Waals surface area contributed by atoms with Crippen LogP contribution < -0.4 is 10.6 Å². The van der Waals surface area contributed by atoms with E-state index in [-0.39, 0.29) is 36.0 Å². The molecule has 1 aromatic rings. The molecule has 1 aliphatic rings. The number of benzene rings is 1. The smallest absolute Gasteiger partial charge is 0.253 e. The van der Waals surface area contributed by atoms with Crippen molar-refractivity contribution < 1.29 is 14.3 Å². The van der Waals surface area contributed by atoms with Crippen molar-refractivity contribution in [2.75, 3.05) is 46.5 Å². The summed E-state index contributed by atoms with van der Waals surface area (Å²) in [6.07, 6.45) is 2.17. The van der Waals surface area contributed by atoms with Crippen molar-refractivity contribution in [3.05, 3.63) is 35.4 Å². The summed E-state index contributed by atoms with van der Waals surface area (Å²) in [6.45, 7) is 9.13. The molecular weight excluding hydrogens is 483 g/mol. The third kappa shape index (κ3) is 8.88. The van der Waals surface area contributed by atoms with Gasteiger partial charge in [-0.3, -0.25) is 9.79 Å². The van der Waals surface area contributed by atoms with E-state index >= 15 is 0 Å². The standard InChI is InChI=1S/C21H34N4O3.HI/c1-4-25(5-2)20(26)18-9-7-17(8-10-18)15-24-21(22-3)23-12-6-13-28-19-11-14-27-16-19;/h7-10,19H,4-6,11-16H2,1-3H3,(H2,22,23,24);1H. The third-order valence-electron chi connectivity index (χ3n) is 4.79. The van der Waals surface area contributed by atoms with Crippen LogP contribution in [-0.2, 0) is 16.0 Å². The molecule has 0 bridgehead atoms. The van der Waals surface area contributed by atoms with Crippen LogP contribution in [0.15, 0.2) is 29.3 Å². The van der Waals surface area contributed by atoms with Crippen LogP contribution in [0.1, 0.15) is 42.6 Å². The molecule has 2 N–H and O–H groups in total.